The lowest BCUT2D eigenvalue weighted by Crippen LogP contribution is -2.19. The van der Waals surface area contributed by atoms with E-state index in [0.717, 1.165) is 19.0 Å². The average molecular weight is 252 g/mol. The maximum atomic E-state index is 5.50. The first kappa shape index (κ1) is 13.3. The summed E-state index contributed by atoms with van der Waals surface area (Å²) >= 11 is 0. The molecular formula is C13H24N4O. The molecule has 5 heteroatoms. The van der Waals surface area contributed by atoms with Crippen molar-refractivity contribution in [3.05, 3.63) is 5.89 Å². The van der Waals surface area contributed by atoms with Crippen LogP contribution >= 0.6 is 0 Å². The first-order valence-electron chi connectivity index (χ1n) is 7.01. The van der Waals surface area contributed by atoms with Gasteiger partial charge in [-0.25, -0.2) is 0 Å². The Balaban J connectivity index is 1.62. The van der Waals surface area contributed by atoms with Crippen molar-refractivity contribution < 1.29 is 4.42 Å². The van der Waals surface area contributed by atoms with Crippen LogP contribution in [-0.2, 0) is 6.54 Å². The van der Waals surface area contributed by atoms with Crippen molar-refractivity contribution in [1.82, 2.24) is 15.5 Å². The van der Waals surface area contributed by atoms with Crippen LogP contribution in [0.4, 0.5) is 6.01 Å². The van der Waals surface area contributed by atoms with Crippen LogP contribution in [0.15, 0.2) is 4.42 Å². The highest BCUT2D eigenvalue weighted by molar-refractivity contribution is 5.16. The number of aromatic nitrogens is 2. The van der Waals surface area contributed by atoms with Crippen molar-refractivity contribution in [1.29, 1.82) is 0 Å². The van der Waals surface area contributed by atoms with E-state index >= 15 is 0 Å². The Hall–Kier alpha value is -1.10. The SMILES string of the molecule is CC(C)CNCc1nnc(NCCC2CCC2)o1. The Morgan fingerprint density at radius 2 is 2.17 bits per heavy atom. The maximum Gasteiger partial charge on any atom is 0.315 e. The molecule has 1 aromatic rings. The van der Waals surface area contributed by atoms with Gasteiger partial charge in [0.15, 0.2) is 0 Å². The molecule has 0 aromatic carbocycles. The van der Waals surface area contributed by atoms with Crippen molar-refractivity contribution in [3.8, 4) is 0 Å². The fourth-order valence-electron chi connectivity index (χ4n) is 2.03. The van der Waals surface area contributed by atoms with E-state index in [1.165, 1.54) is 25.7 Å². The summed E-state index contributed by atoms with van der Waals surface area (Å²) in [5, 5.41) is 14.5. The lowest BCUT2D eigenvalue weighted by atomic mass is 9.83. The lowest BCUT2D eigenvalue weighted by molar-refractivity contribution is 0.302. The van der Waals surface area contributed by atoms with Gasteiger partial charge in [0, 0.05) is 6.54 Å². The Bertz CT molecular complexity index is 347. The molecule has 0 saturated heterocycles. The highest BCUT2D eigenvalue weighted by Crippen LogP contribution is 2.29. The molecule has 1 fully saturated rings. The third-order valence-electron chi connectivity index (χ3n) is 3.35. The molecule has 1 saturated carbocycles. The summed E-state index contributed by atoms with van der Waals surface area (Å²) in [4.78, 5) is 0. The first-order chi connectivity index (χ1) is 8.74. The van der Waals surface area contributed by atoms with Gasteiger partial charge in [-0.05, 0) is 24.8 Å². The molecule has 0 amide bonds. The Morgan fingerprint density at radius 3 is 2.83 bits per heavy atom. The molecule has 1 aliphatic carbocycles. The fourth-order valence-corrected chi connectivity index (χ4v) is 2.03. The van der Waals surface area contributed by atoms with Gasteiger partial charge in [-0.15, -0.1) is 5.10 Å². The lowest BCUT2D eigenvalue weighted by Gasteiger charge is -2.24. The van der Waals surface area contributed by atoms with Crippen LogP contribution in [0.5, 0.6) is 0 Å². The first-order valence-corrected chi connectivity index (χ1v) is 7.01. The molecule has 2 rings (SSSR count). The summed E-state index contributed by atoms with van der Waals surface area (Å²) in [6.45, 7) is 6.90. The Morgan fingerprint density at radius 1 is 1.33 bits per heavy atom. The second-order valence-corrected chi connectivity index (χ2v) is 5.54. The zero-order valence-corrected chi connectivity index (χ0v) is 11.4. The van der Waals surface area contributed by atoms with Crippen molar-refractivity contribution >= 4 is 6.01 Å². The summed E-state index contributed by atoms with van der Waals surface area (Å²) in [5.74, 6) is 2.20. The molecule has 5 nitrogen and oxygen atoms in total. The van der Waals surface area contributed by atoms with Crippen LogP contribution in [0.1, 0.15) is 45.4 Å². The van der Waals surface area contributed by atoms with Crippen LogP contribution in [0.3, 0.4) is 0 Å². The predicted molar refractivity (Wildman–Crippen MR) is 71.3 cm³/mol. The van der Waals surface area contributed by atoms with Crippen LogP contribution in [0, 0.1) is 11.8 Å². The van der Waals surface area contributed by atoms with E-state index in [1.54, 1.807) is 0 Å². The van der Waals surface area contributed by atoms with Crippen LogP contribution in [0.25, 0.3) is 0 Å². The van der Waals surface area contributed by atoms with Crippen LogP contribution < -0.4 is 10.6 Å². The van der Waals surface area contributed by atoms with Gasteiger partial charge in [0.25, 0.3) is 0 Å². The van der Waals surface area contributed by atoms with Crippen molar-refractivity contribution in [3.63, 3.8) is 0 Å². The predicted octanol–water partition coefficient (Wildman–Crippen LogP) is 2.42. The van der Waals surface area contributed by atoms with E-state index in [0.29, 0.717) is 24.4 Å². The van der Waals surface area contributed by atoms with Crippen LogP contribution in [-0.4, -0.2) is 23.3 Å². The molecule has 18 heavy (non-hydrogen) atoms. The topological polar surface area (TPSA) is 63.0 Å². The number of rotatable bonds is 8. The van der Waals surface area contributed by atoms with Gasteiger partial charge in [0.05, 0.1) is 6.54 Å². The van der Waals surface area contributed by atoms with Gasteiger partial charge >= 0.3 is 6.01 Å². The van der Waals surface area contributed by atoms with Gasteiger partial charge < -0.3 is 15.1 Å². The van der Waals surface area contributed by atoms with E-state index in [1.807, 2.05) is 0 Å². The zero-order valence-electron chi connectivity index (χ0n) is 11.4. The summed E-state index contributed by atoms with van der Waals surface area (Å²) < 4.78 is 5.50. The van der Waals surface area contributed by atoms with Gasteiger partial charge in [-0.3, -0.25) is 0 Å². The number of anilines is 1. The molecule has 0 bridgehead atoms. The van der Waals surface area contributed by atoms with E-state index in [2.05, 4.69) is 34.7 Å². The molecule has 0 spiro atoms. The van der Waals surface area contributed by atoms with Crippen LogP contribution in [0.2, 0.25) is 0 Å². The third kappa shape index (κ3) is 4.29. The second kappa shape index (κ2) is 6.73. The largest absolute Gasteiger partial charge is 0.407 e. The number of hydrogen-bond donors (Lipinski definition) is 2. The van der Waals surface area contributed by atoms with Gasteiger partial charge in [0.2, 0.25) is 5.89 Å². The molecule has 2 N–H and O–H groups in total. The van der Waals surface area contributed by atoms with Gasteiger partial charge in [0.1, 0.15) is 0 Å². The fraction of sp³-hybridized carbons (Fsp3) is 0.846. The van der Waals surface area contributed by atoms with E-state index in [-0.39, 0.29) is 0 Å². The number of nitrogens with one attached hydrogen (secondary N) is 2. The molecule has 1 aliphatic rings. The quantitative estimate of drug-likeness (QED) is 0.744. The zero-order chi connectivity index (χ0) is 12.8. The molecule has 102 valence electrons. The van der Waals surface area contributed by atoms with Crippen molar-refractivity contribution in [2.24, 2.45) is 11.8 Å². The maximum absolute atomic E-state index is 5.50. The molecule has 0 radical (unpaired) electrons. The summed E-state index contributed by atoms with van der Waals surface area (Å²) in [7, 11) is 0. The molecule has 1 heterocycles. The summed E-state index contributed by atoms with van der Waals surface area (Å²) in [6, 6.07) is 0.552. The normalized spacial score (nSPS) is 15.9. The molecule has 0 atom stereocenters. The third-order valence-corrected chi connectivity index (χ3v) is 3.35. The molecule has 1 aromatic heterocycles. The molecule has 0 aliphatic heterocycles. The minimum absolute atomic E-state index is 0.552. The highest BCUT2D eigenvalue weighted by atomic mass is 16.4. The minimum Gasteiger partial charge on any atom is -0.407 e. The highest BCUT2D eigenvalue weighted by Gasteiger charge is 2.16. The van der Waals surface area contributed by atoms with Gasteiger partial charge in [-0.1, -0.05) is 38.2 Å². The van der Waals surface area contributed by atoms with E-state index in [9.17, 15) is 0 Å². The minimum atomic E-state index is 0.552. The number of nitrogens with zero attached hydrogens (tertiary/aromatic N) is 2. The summed E-state index contributed by atoms with van der Waals surface area (Å²) in [5.41, 5.74) is 0. The van der Waals surface area contributed by atoms with Crippen molar-refractivity contribution in [2.75, 3.05) is 18.4 Å². The Labute approximate surface area is 109 Å². The van der Waals surface area contributed by atoms with Crippen molar-refractivity contribution in [2.45, 2.75) is 46.1 Å². The standard InChI is InChI=1S/C13H24N4O/c1-10(2)8-14-9-12-16-17-13(18-12)15-7-6-11-4-3-5-11/h10-11,14H,3-9H2,1-2H3,(H,15,17). The van der Waals surface area contributed by atoms with E-state index in [4.69, 9.17) is 4.42 Å². The van der Waals surface area contributed by atoms with E-state index < -0.39 is 0 Å². The summed E-state index contributed by atoms with van der Waals surface area (Å²) in [6.07, 6.45) is 5.38. The van der Waals surface area contributed by atoms with Gasteiger partial charge in [-0.2, -0.15) is 0 Å². The molecule has 0 unspecified atom stereocenters. The Kier molecular flexibility index (Phi) is 4.99. The number of hydrogen-bond acceptors (Lipinski definition) is 5. The monoisotopic (exact) mass is 252 g/mol. The smallest absolute Gasteiger partial charge is 0.315 e. The second-order valence-electron chi connectivity index (χ2n) is 5.54. The average Bonchev–Trinajstić information content (AvgIpc) is 2.69. The molecular weight excluding hydrogens is 228 g/mol.